The molecule has 0 bridgehead atoms. The lowest BCUT2D eigenvalue weighted by Gasteiger charge is -2.37. The fraction of sp³-hybridized carbons (Fsp3) is 0.444. The molecular formula is C27H32N2O6. The highest BCUT2D eigenvalue weighted by Crippen LogP contribution is 2.44. The number of likely N-dealkylation sites (tertiary alicyclic amines) is 1. The van der Waals surface area contributed by atoms with Crippen LogP contribution in [0.5, 0.6) is 0 Å². The van der Waals surface area contributed by atoms with Gasteiger partial charge < -0.3 is 24.8 Å². The zero-order valence-corrected chi connectivity index (χ0v) is 20.3. The van der Waals surface area contributed by atoms with E-state index < -0.39 is 30.1 Å². The molecule has 2 amide bonds. The number of alkyl carbamates (subject to hydrolysis) is 1. The first-order valence-electron chi connectivity index (χ1n) is 12.0. The molecule has 8 heteroatoms. The van der Waals surface area contributed by atoms with Crippen molar-refractivity contribution in [1.82, 2.24) is 10.2 Å². The van der Waals surface area contributed by atoms with E-state index in [2.05, 4.69) is 17.4 Å². The molecule has 2 aromatic carbocycles. The van der Waals surface area contributed by atoms with Gasteiger partial charge in [0, 0.05) is 26.1 Å². The molecule has 0 spiro atoms. The van der Waals surface area contributed by atoms with Gasteiger partial charge in [-0.2, -0.15) is 0 Å². The summed E-state index contributed by atoms with van der Waals surface area (Å²) in [5, 5.41) is 12.1. The van der Waals surface area contributed by atoms with Crippen LogP contribution in [0.4, 0.5) is 4.79 Å². The number of hydrogen-bond acceptors (Lipinski definition) is 5. The highest BCUT2D eigenvalue weighted by Gasteiger charge is 2.38. The second-order valence-electron chi connectivity index (χ2n) is 9.38. The number of hydrogen-bond donors (Lipinski definition) is 2. The molecule has 0 saturated carbocycles. The molecule has 1 heterocycles. The maximum atomic E-state index is 13.3. The van der Waals surface area contributed by atoms with Gasteiger partial charge in [-0.25, -0.2) is 4.79 Å². The average Bonchev–Trinajstić information content (AvgIpc) is 3.18. The largest absolute Gasteiger partial charge is 0.481 e. The number of rotatable bonds is 7. The number of methoxy groups -OCH3 is 1. The summed E-state index contributed by atoms with van der Waals surface area (Å²) in [6, 6.07) is 15.2. The number of carbonyl (C=O) groups is 3. The Morgan fingerprint density at radius 3 is 2.23 bits per heavy atom. The third-order valence-corrected chi connectivity index (χ3v) is 7.26. The van der Waals surface area contributed by atoms with E-state index in [4.69, 9.17) is 9.47 Å². The number of carboxylic acid groups (broad SMARTS) is 1. The fourth-order valence-electron chi connectivity index (χ4n) is 5.19. The second-order valence-corrected chi connectivity index (χ2v) is 9.38. The highest BCUT2D eigenvalue weighted by molar-refractivity contribution is 5.87. The molecule has 0 aromatic heterocycles. The third-order valence-electron chi connectivity index (χ3n) is 7.26. The summed E-state index contributed by atoms with van der Waals surface area (Å²) >= 11 is 0. The van der Waals surface area contributed by atoms with Crippen LogP contribution >= 0.6 is 0 Å². The predicted octanol–water partition coefficient (Wildman–Crippen LogP) is 3.50. The fourth-order valence-corrected chi connectivity index (χ4v) is 5.19. The molecule has 0 radical (unpaired) electrons. The molecule has 4 unspecified atom stereocenters. The van der Waals surface area contributed by atoms with Gasteiger partial charge in [0.1, 0.15) is 12.6 Å². The van der Waals surface area contributed by atoms with Crippen LogP contribution in [0.1, 0.15) is 37.3 Å². The number of aliphatic carboxylic acids is 1. The molecule has 4 atom stereocenters. The van der Waals surface area contributed by atoms with Gasteiger partial charge in [0.05, 0.1) is 12.0 Å². The molecule has 1 fully saturated rings. The number of benzene rings is 2. The van der Waals surface area contributed by atoms with Crippen LogP contribution in [0.15, 0.2) is 48.5 Å². The maximum absolute atomic E-state index is 13.3. The summed E-state index contributed by atoms with van der Waals surface area (Å²) in [6.45, 7) is 4.31. The van der Waals surface area contributed by atoms with Crippen LogP contribution in [0, 0.1) is 11.8 Å². The first kappa shape index (κ1) is 24.7. The van der Waals surface area contributed by atoms with E-state index in [0.717, 1.165) is 22.3 Å². The Morgan fingerprint density at radius 2 is 1.69 bits per heavy atom. The van der Waals surface area contributed by atoms with E-state index in [1.807, 2.05) is 43.3 Å². The Bertz CT molecular complexity index is 1060. The molecular weight excluding hydrogens is 448 g/mol. The van der Waals surface area contributed by atoms with Crippen LogP contribution < -0.4 is 5.32 Å². The van der Waals surface area contributed by atoms with Crippen molar-refractivity contribution in [1.29, 1.82) is 0 Å². The van der Waals surface area contributed by atoms with E-state index in [-0.39, 0.29) is 24.3 Å². The summed E-state index contributed by atoms with van der Waals surface area (Å²) in [7, 11) is 1.48. The van der Waals surface area contributed by atoms with Crippen molar-refractivity contribution in [3.8, 4) is 11.1 Å². The second kappa shape index (κ2) is 10.5. The smallest absolute Gasteiger partial charge is 0.407 e. The number of nitrogens with zero attached hydrogens (tertiary/aromatic N) is 1. The lowest BCUT2D eigenvalue weighted by atomic mass is 9.86. The lowest BCUT2D eigenvalue weighted by Crippen LogP contribution is -2.57. The minimum absolute atomic E-state index is 0.0851. The van der Waals surface area contributed by atoms with Gasteiger partial charge >= 0.3 is 12.1 Å². The molecule has 4 rings (SSSR count). The van der Waals surface area contributed by atoms with E-state index in [9.17, 15) is 19.5 Å². The number of piperidine rings is 1. The van der Waals surface area contributed by atoms with Crippen LogP contribution in [-0.2, 0) is 19.1 Å². The molecule has 8 nitrogen and oxygen atoms in total. The minimum Gasteiger partial charge on any atom is -0.481 e. The molecule has 1 aliphatic carbocycles. The molecule has 186 valence electrons. The average molecular weight is 481 g/mol. The van der Waals surface area contributed by atoms with Gasteiger partial charge in [-0.15, -0.1) is 0 Å². The molecule has 2 aliphatic rings. The zero-order chi connectivity index (χ0) is 25.1. The number of ether oxygens (including phenoxy) is 2. The monoisotopic (exact) mass is 480 g/mol. The Morgan fingerprint density at radius 1 is 1.09 bits per heavy atom. The Labute approximate surface area is 205 Å². The third kappa shape index (κ3) is 5.03. The van der Waals surface area contributed by atoms with E-state index >= 15 is 0 Å². The molecule has 1 saturated heterocycles. The van der Waals surface area contributed by atoms with Gasteiger partial charge in [-0.05, 0) is 41.5 Å². The van der Waals surface area contributed by atoms with E-state index in [1.54, 1.807) is 11.8 Å². The number of carbonyl (C=O) groups excluding carboxylic acids is 2. The van der Waals surface area contributed by atoms with Crippen LogP contribution in [-0.4, -0.2) is 66.9 Å². The van der Waals surface area contributed by atoms with Crippen LogP contribution in [0.2, 0.25) is 0 Å². The van der Waals surface area contributed by atoms with Crippen molar-refractivity contribution in [2.24, 2.45) is 11.8 Å². The van der Waals surface area contributed by atoms with Gasteiger partial charge in [0.2, 0.25) is 5.91 Å². The summed E-state index contributed by atoms with van der Waals surface area (Å²) < 4.78 is 11.0. The van der Waals surface area contributed by atoms with Gasteiger partial charge in [-0.3, -0.25) is 9.59 Å². The Hall–Kier alpha value is -3.39. The molecule has 1 aliphatic heterocycles. The van der Waals surface area contributed by atoms with Crippen molar-refractivity contribution < 1.29 is 29.0 Å². The zero-order valence-electron chi connectivity index (χ0n) is 20.3. The van der Waals surface area contributed by atoms with Crippen molar-refractivity contribution in [3.63, 3.8) is 0 Å². The predicted molar refractivity (Wildman–Crippen MR) is 130 cm³/mol. The Kier molecular flexibility index (Phi) is 7.40. The maximum Gasteiger partial charge on any atom is 0.407 e. The normalized spacial score (nSPS) is 20.9. The van der Waals surface area contributed by atoms with E-state index in [1.165, 1.54) is 7.11 Å². The number of fused-ring (bicyclic) bond motifs is 3. The van der Waals surface area contributed by atoms with Gasteiger partial charge in [0.15, 0.2) is 0 Å². The Balaban J connectivity index is 1.42. The van der Waals surface area contributed by atoms with Crippen molar-refractivity contribution >= 4 is 18.0 Å². The lowest BCUT2D eigenvalue weighted by molar-refractivity contribution is -0.149. The molecule has 35 heavy (non-hydrogen) atoms. The van der Waals surface area contributed by atoms with Gasteiger partial charge in [0.25, 0.3) is 0 Å². The summed E-state index contributed by atoms with van der Waals surface area (Å²) in [6.07, 6.45) is -0.903. The summed E-state index contributed by atoms with van der Waals surface area (Å²) in [5.74, 6) is -1.89. The first-order valence-corrected chi connectivity index (χ1v) is 12.0. The van der Waals surface area contributed by atoms with Crippen molar-refractivity contribution in [2.45, 2.75) is 38.3 Å². The minimum atomic E-state index is -0.941. The molecule has 2 aromatic rings. The topological polar surface area (TPSA) is 105 Å². The SMILES string of the molecule is COC(C)C(NC(=O)OCC1c2ccccc2-c2ccccc21)C(=O)N1CCC(C(=O)O)C(C)C1. The quantitative estimate of drug-likeness (QED) is 0.629. The molecule has 2 N–H and O–H groups in total. The van der Waals surface area contributed by atoms with Crippen molar-refractivity contribution in [2.75, 3.05) is 26.8 Å². The van der Waals surface area contributed by atoms with Gasteiger partial charge in [-0.1, -0.05) is 55.5 Å². The summed E-state index contributed by atoms with van der Waals surface area (Å²) in [4.78, 5) is 39.1. The first-order chi connectivity index (χ1) is 16.8. The standard InChI is InChI=1S/C27H32N2O6/c1-16-14-29(13-12-18(16)26(31)32)25(30)24(17(2)34-3)28-27(33)35-15-23-21-10-6-4-8-19(21)20-9-5-7-11-22(20)23/h4-11,16-18,23-24H,12-15H2,1-3H3,(H,28,33)(H,31,32). The highest BCUT2D eigenvalue weighted by atomic mass is 16.5. The van der Waals surface area contributed by atoms with E-state index in [0.29, 0.717) is 19.5 Å². The van der Waals surface area contributed by atoms with Crippen molar-refractivity contribution in [3.05, 3.63) is 59.7 Å². The van der Waals surface area contributed by atoms with Crippen LogP contribution in [0.3, 0.4) is 0 Å². The number of amides is 2. The summed E-state index contributed by atoms with van der Waals surface area (Å²) in [5.41, 5.74) is 4.48. The van der Waals surface area contributed by atoms with Crippen LogP contribution in [0.25, 0.3) is 11.1 Å². The number of nitrogens with one attached hydrogen (secondary N) is 1. The number of carboxylic acids is 1.